The van der Waals surface area contributed by atoms with Crippen LogP contribution in [0.15, 0.2) is 0 Å². The largest absolute Gasteiger partial charge is 0.481 e. The van der Waals surface area contributed by atoms with E-state index in [0.717, 1.165) is 32.4 Å². The molecule has 1 heterocycles. The van der Waals surface area contributed by atoms with Crippen LogP contribution in [0.25, 0.3) is 0 Å². The lowest BCUT2D eigenvalue weighted by Gasteiger charge is -2.36. The standard InChI is InChI=1S/C15H29N3O3/c1-4-9-18(12-5-7-16-8-6-12)15(21)17-13(11(2)3)10-14(19)20/h11-13,16H,4-10H2,1-3H3,(H,17,21)(H,19,20). The lowest BCUT2D eigenvalue weighted by Crippen LogP contribution is -2.53. The van der Waals surface area contributed by atoms with Crippen LogP contribution in [0.4, 0.5) is 4.79 Å². The van der Waals surface area contributed by atoms with Crippen LogP contribution >= 0.6 is 0 Å². The van der Waals surface area contributed by atoms with Crippen molar-refractivity contribution in [2.45, 2.75) is 58.5 Å². The van der Waals surface area contributed by atoms with E-state index in [0.29, 0.717) is 6.54 Å². The van der Waals surface area contributed by atoms with Gasteiger partial charge in [0.05, 0.1) is 6.42 Å². The normalized spacial score (nSPS) is 17.5. The minimum Gasteiger partial charge on any atom is -0.481 e. The SMILES string of the molecule is CCCN(C(=O)NC(CC(=O)O)C(C)C)C1CCNCC1. The topological polar surface area (TPSA) is 81.7 Å². The zero-order valence-electron chi connectivity index (χ0n) is 13.4. The van der Waals surface area contributed by atoms with E-state index in [1.54, 1.807) is 0 Å². The summed E-state index contributed by atoms with van der Waals surface area (Å²) >= 11 is 0. The van der Waals surface area contributed by atoms with Gasteiger partial charge in [0, 0.05) is 18.6 Å². The number of hydrogen-bond acceptors (Lipinski definition) is 3. The first kappa shape index (κ1) is 17.8. The van der Waals surface area contributed by atoms with Gasteiger partial charge in [0.25, 0.3) is 0 Å². The molecule has 1 aliphatic heterocycles. The molecule has 122 valence electrons. The average Bonchev–Trinajstić information content (AvgIpc) is 2.44. The van der Waals surface area contributed by atoms with Crippen molar-refractivity contribution in [3.05, 3.63) is 0 Å². The summed E-state index contributed by atoms with van der Waals surface area (Å²) in [6.45, 7) is 8.50. The van der Waals surface area contributed by atoms with Crippen LogP contribution < -0.4 is 10.6 Å². The second-order valence-electron chi connectivity index (χ2n) is 6.07. The maximum absolute atomic E-state index is 12.5. The third-order valence-electron chi connectivity index (χ3n) is 3.98. The summed E-state index contributed by atoms with van der Waals surface area (Å²) < 4.78 is 0. The molecule has 2 amide bonds. The Morgan fingerprint density at radius 2 is 1.95 bits per heavy atom. The summed E-state index contributed by atoms with van der Waals surface area (Å²) in [5.74, 6) is -0.778. The van der Waals surface area contributed by atoms with Crippen LogP contribution in [0, 0.1) is 5.92 Å². The van der Waals surface area contributed by atoms with Gasteiger partial charge < -0.3 is 20.6 Å². The highest BCUT2D eigenvalue weighted by Gasteiger charge is 2.27. The van der Waals surface area contributed by atoms with E-state index >= 15 is 0 Å². The van der Waals surface area contributed by atoms with Crippen LogP contribution in [0.2, 0.25) is 0 Å². The van der Waals surface area contributed by atoms with E-state index in [1.165, 1.54) is 0 Å². The fourth-order valence-corrected chi connectivity index (χ4v) is 2.69. The molecule has 0 spiro atoms. The monoisotopic (exact) mass is 299 g/mol. The Morgan fingerprint density at radius 3 is 2.43 bits per heavy atom. The molecule has 1 saturated heterocycles. The molecule has 3 N–H and O–H groups in total. The first-order valence-corrected chi connectivity index (χ1v) is 7.95. The summed E-state index contributed by atoms with van der Waals surface area (Å²) in [7, 11) is 0. The number of hydrogen-bond donors (Lipinski definition) is 3. The maximum atomic E-state index is 12.5. The van der Waals surface area contributed by atoms with Gasteiger partial charge in [-0.3, -0.25) is 4.79 Å². The predicted octanol–water partition coefficient (Wildman–Crippen LogP) is 1.66. The molecule has 6 heteroatoms. The number of carbonyl (C=O) groups is 2. The Balaban J connectivity index is 2.67. The molecule has 6 nitrogen and oxygen atoms in total. The average molecular weight is 299 g/mol. The van der Waals surface area contributed by atoms with Crippen LogP contribution in [0.5, 0.6) is 0 Å². The summed E-state index contributed by atoms with van der Waals surface area (Å²) in [6.07, 6.45) is 2.79. The molecule has 0 radical (unpaired) electrons. The molecule has 1 aliphatic rings. The second-order valence-corrected chi connectivity index (χ2v) is 6.07. The van der Waals surface area contributed by atoms with E-state index in [2.05, 4.69) is 17.6 Å². The van der Waals surface area contributed by atoms with Crippen molar-refractivity contribution >= 4 is 12.0 Å². The first-order chi connectivity index (χ1) is 9.95. The Morgan fingerprint density at radius 1 is 1.33 bits per heavy atom. The molecule has 1 rings (SSSR count). The molecule has 0 saturated carbocycles. The predicted molar refractivity (Wildman–Crippen MR) is 82.3 cm³/mol. The number of urea groups is 1. The number of amides is 2. The Kier molecular flexibility index (Phi) is 7.50. The molecular weight excluding hydrogens is 270 g/mol. The van der Waals surface area contributed by atoms with Crippen molar-refractivity contribution in [1.29, 1.82) is 0 Å². The summed E-state index contributed by atoms with van der Waals surface area (Å²) in [5, 5.41) is 15.2. The molecule has 0 aromatic rings. The summed E-state index contributed by atoms with van der Waals surface area (Å²) in [6, 6.07) is -0.191. The van der Waals surface area contributed by atoms with Crippen molar-refractivity contribution in [2.75, 3.05) is 19.6 Å². The molecule has 21 heavy (non-hydrogen) atoms. The van der Waals surface area contributed by atoms with Crippen molar-refractivity contribution in [3.8, 4) is 0 Å². The molecule has 0 bridgehead atoms. The molecule has 1 unspecified atom stereocenters. The fourth-order valence-electron chi connectivity index (χ4n) is 2.69. The Labute approximate surface area is 127 Å². The van der Waals surface area contributed by atoms with Gasteiger partial charge >= 0.3 is 12.0 Å². The van der Waals surface area contributed by atoms with E-state index < -0.39 is 5.97 Å². The number of carboxylic acid groups (broad SMARTS) is 1. The summed E-state index contributed by atoms with van der Waals surface area (Å²) in [4.78, 5) is 25.3. The lowest BCUT2D eigenvalue weighted by molar-refractivity contribution is -0.137. The smallest absolute Gasteiger partial charge is 0.317 e. The minimum absolute atomic E-state index is 0.0321. The van der Waals surface area contributed by atoms with Crippen molar-refractivity contribution in [2.24, 2.45) is 5.92 Å². The molecular formula is C15H29N3O3. The maximum Gasteiger partial charge on any atom is 0.317 e. The van der Waals surface area contributed by atoms with Gasteiger partial charge in [-0.05, 0) is 38.3 Å². The third-order valence-corrected chi connectivity index (χ3v) is 3.98. The highest BCUT2D eigenvalue weighted by atomic mass is 16.4. The van der Waals surface area contributed by atoms with Crippen LogP contribution in [-0.4, -0.2) is 53.7 Å². The number of nitrogens with zero attached hydrogens (tertiary/aromatic N) is 1. The molecule has 1 fully saturated rings. The number of nitrogens with one attached hydrogen (secondary N) is 2. The lowest BCUT2D eigenvalue weighted by atomic mass is 10.0. The summed E-state index contributed by atoms with van der Waals surface area (Å²) in [5.41, 5.74) is 0. The van der Waals surface area contributed by atoms with E-state index in [1.807, 2.05) is 18.7 Å². The molecule has 0 aliphatic carbocycles. The van der Waals surface area contributed by atoms with Gasteiger partial charge in [-0.2, -0.15) is 0 Å². The minimum atomic E-state index is -0.877. The Bertz CT molecular complexity index is 341. The van der Waals surface area contributed by atoms with Crippen LogP contribution in [0.1, 0.15) is 46.5 Å². The molecule has 0 aromatic carbocycles. The van der Waals surface area contributed by atoms with Gasteiger partial charge in [-0.25, -0.2) is 4.79 Å². The van der Waals surface area contributed by atoms with Crippen molar-refractivity contribution in [1.82, 2.24) is 15.5 Å². The zero-order chi connectivity index (χ0) is 15.8. The van der Waals surface area contributed by atoms with Gasteiger partial charge in [-0.1, -0.05) is 20.8 Å². The number of aliphatic carboxylic acids is 1. The Hall–Kier alpha value is -1.30. The zero-order valence-corrected chi connectivity index (χ0v) is 13.4. The number of carboxylic acids is 1. The van der Waals surface area contributed by atoms with E-state index in [4.69, 9.17) is 5.11 Å². The van der Waals surface area contributed by atoms with Crippen LogP contribution in [0.3, 0.4) is 0 Å². The second kappa shape index (κ2) is 8.87. The first-order valence-electron chi connectivity index (χ1n) is 7.95. The van der Waals surface area contributed by atoms with Crippen molar-refractivity contribution in [3.63, 3.8) is 0 Å². The van der Waals surface area contributed by atoms with Gasteiger partial charge in [-0.15, -0.1) is 0 Å². The van der Waals surface area contributed by atoms with Crippen LogP contribution in [-0.2, 0) is 4.79 Å². The third kappa shape index (κ3) is 5.91. The van der Waals surface area contributed by atoms with E-state index in [9.17, 15) is 9.59 Å². The molecule has 1 atom stereocenters. The van der Waals surface area contributed by atoms with Gasteiger partial charge in [0.1, 0.15) is 0 Å². The quantitative estimate of drug-likeness (QED) is 0.668. The number of rotatable bonds is 7. The number of carbonyl (C=O) groups excluding carboxylic acids is 1. The number of piperidine rings is 1. The van der Waals surface area contributed by atoms with Crippen molar-refractivity contribution < 1.29 is 14.7 Å². The highest BCUT2D eigenvalue weighted by Crippen LogP contribution is 2.14. The van der Waals surface area contributed by atoms with Gasteiger partial charge in [0.15, 0.2) is 0 Å². The van der Waals surface area contributed by atoms with Gasteiger partial charge in [0.2, 0.25) is 0 Å². The fraction of sp³-hybridized carbons (Fsp3) is 0.867. The highest BCUT2D eigenvalue weighted by molar-refractivity contribution is 5.76. The molecule has 0 aromatic heterocycles. The van der Waals surface area contributed by atoms with E-state index in [-0.39, 0.29) is 30.5 Å².